The van der Waals surface area contributed by atoms with E-state index in [1.54, 1.807) is 25.3 Å². The molecule has 2 aromatic rings. The van der Waals surface area contributed by atoms with Crippen molar-refractivity contribution in [3.8, 4) is 11.5 Å². The zero-order chi connectivity index (χ0) is 14.8. The fourth-order valence-electron chi connectivity index (χ4n) is 2.48. The molecule has 1 aromatic heterocycles. The number of carbonyl (C=O) groups excluding carboxylic acids is 1. The number of carbonyl (C=O) groups is 1. The van der Waals surface area contributed by atoms with Crippen LogP contribution in [0.15, 0.2) is 22.7 Å². The molecule has 3 rings (SSSR count). The second-order valence-corrected chi connectivity index (χ2v) is 4.81. The monoisotopic (exact) mass is 288 g/mol. The van der Waals surface area contributed by atoms with Crippen LogP contribution in [0.4, 0.5) is 5.88 Å². The van der Waals surface area contributed by atoms with Crippen LogP contribution >= 0.6 is 0 Å². The third kappa shape index (κ3) is 2.44. The molecule has 1 aromatic carbocycles. The number of nitrogens with one attached hydrogen (secondary N) is 1. The van der Waals surface area contributed by atoms with Crippen molar-refractivity contribution < 1.29 is 18.8 Å². The first-order valence-corrected chi connectivity index (χ1v) is 6.73. The predicted octanol–water partition coefficient (Wildman–Crippen LogP) is 2.43. The van der Waals surface area contributed by atoms with Crippen LogP contribution in [-0.4, -0.2) is 25.3 Å². The topological polar surface area (TPSA) is 73.6 Å². The Kier molecular flexibility index (Phi) is 3.51. The molecule has 0 radical (unpaired) electrons. The van der Waals surface area contributed by atoms with Gasteiger partial charge in [0.1, 0.15) is 0 Å². The second-order valence-electron chi connectivity index (χ2n) is 4.81. The van der Waals surface area contributed by atoms with Gasteiger partial charge in [0, 0.05) is 11.1 Å². The number of aromatic nitrogens is 1. The second kappa shape index (κ2) is 5.47. The van der Waals surface area contributed by atoms with Gasteiger partial charge in [-0.05, 0) is 37.5 Å². The maximum atomic E-state index is 12.3. The molecular weight excluding hydrogens is 272 g/mol. The van der Waals surface area contributed by atoms with Gasteiger partial charge >= 0.3 is 0 Å². The van der Waals surface area contributed by atoms with Crippen molar-refractivity contribution in [1.82, 2.24) is 5.16 Å². The summed E-state index contributed by atoms with van der Waals surface area (Å²) in [6, 6.07) is 5.00. The zero-order valence-corrected chi connectivity index (χ0v) is 11.9. The highest BCUT2D eigenvalue weighted by atomic mass is 16.5. The van der Waals surface area contributed by atoms with E-state index in [0.29, 0.717) is 22.9 Å². The normalized spacial score (nSPS) is 12.9. The van der Waals surface area contributed by atoms with Crippen molar-refractivity contribution in [3.05, 3.63) is 35.0 Å². The average molecular weight is 288 g/mol. The number of hydrogen-bond acceptors (Lipinski definition) is 5. The van der Waals surface area contributed by atoms with Gasteiger partial charge in [0.2, 0.25) is 5.88 Å². The standard InChI is InChI=1S/C15H16N2O4/c1-19-12-7-6-9(8-13(12)20-2)14(18)16-15-10-4-3-5-11(10)17-21-15/h6-8H,3-5H2,1-2H3,(H,16,18). The lowest BCUT2D eigenvalue weighted by molar-refractivity contribution is 0.102. The molecule has 1 heterocycles. The summed E-state index contributed by atoms with van der Waals surface area (Å²) in [6.07, 6.45) is 2.85. The van der Waals surface area contributed by atoms with Gasteiger partial charge in [0.15, 0.2) is 11.5 Å². The summed E-state index contributed by atoms with van der Waals surface area (Å²) in [4.78, 5) is 12.3. The summed E-state index contributed by atoms with van der Waals surface area (Å²) in [5.41, 5.74) is 2.41. The van der Waals surface area contributed by atoms with E-state index in [2.05, 4.69) is 10.5 Å². The molecule has 0 bridgehead atoms. The lowest BCUT2D eigenvalue weighted by atomic mass is 10.2. The Morgan fingerprint density at radius 2 is 2.05 bits per heavy atom. The van der Waals surface area contributed by atoms with Crippen LogP contribution in [0.5, 0.6) is 11.5 Å². The number of anilines is 1. The van der Waals surface area contributed by atoms with Crippen LogP contribution in [0.2, 0.25) is 0 Å². The quantitative estimate of drug-likeness (QED) is 0.935. The fourth-order valence-corrected chi connectivity index (χ4v) is 2.48. The summed E-state index contributed by atoms with van der Waals surface area (Å²) in [5.74, 6) is 1.27. The number of benzene rings is 1. The van der Waals surface area contributed by atoms with Crippen molar-refractivity contribution in [3.63, 3.8) is 0 Å². The highest BCUT2D eigenvalue weighted by Crippen LogP contribution is 2.30. The van der Waals surface area contributed by atoms with E-state index in [-0.39, 0.29) is 5.91 Å². The Hall–Kier alpha value is -2.50. The Morgan fingerprint density at radius 1 is 1.24 bits per heavy atom. The largest absolute Gasteiger partial charge is 0.493 e. The van der Waals surface area contributed by atoms with Crippen LogP contribution in [0.1, 0.15) is 28.0 Å². The molecule has 0 fully saturated rings. The Balaban J connectivity index is 1.82. The smallest absolute Gasteiger partial charge is 0.258 e. The van der Waals surface area contributed by atoms with E-state index in [1.165, 1.54) is 7.11 Å². The molecule has 0 atom stereocenters. The number of fused-ring (bicyclic) bond motifs is 1. The summed E-state index contributed by atoms with van der Waals surface area (Å²) < 4.78 is 15.5. The third-order valence-corrected chi connectivity index (χ3v) is 3.58. The molecule has 0 aliphatic heterocycles. The molecule has 0 unspecified atom stereocenters. The van der Waals surface area contributed by atoms with Gasteiger partial charge in [0.05, 0.1) is 19.9 Å². The van der Waals surface area contributed by atoms with Gasteiger partial charge in [-0.2, -0.15) is 0 Å². The highest BCUT2D eigenvalue weighted by Gasteiger charge is 2.22. The molecule has 1 aliphatic carbocycles. The summed E-state index contributed by atoms with van der Waals surface area (Å²) in [5, 5.41) is 6.73. The number of hydrogen-bond donors (Lipinski definition) is 1. The average Bonchev–Trinajstić information content (AvgIpc) is 3.11. The molecule has 1 amide bonds. The maximum Gasteiger partial charge on any atom is 0.258 e. The molecule has 0 saturated heterocycles. The molecule has 1 N–H and O–H groups in total. The van der Waals surface area contributed by atoms with Gasteiger partial charge in [-0.15, -0.1) is 0 Å². The van der Waals surface area contributed by atoms with E-state index >= 15 is 0 Å². The van der Waals surface area contributed by atoms with Gasteiger partial charge in [-0.3, -0.25) is 10.1 Å². The van der Waals surface area contributed by atoms with Crippen LogP contribution in [0, 0.1) is 0 Å². The molecule has 0 saturated carbocycles. The van der Waals surface area contributed by atoms with Crippen LogP contribution in [0.25, 0.3) is 0 Å². The highest BCUT2D eigenvalue weighted by molar-refractivity contribution is 6.04. The molecule has 6 heteroatoms. The fraction of sp³-hybridized carbons (Fsp3) is 0.333. The molecule has 6 nitrogen and oxygen atoms in total. The summed E-state index contributed by atoms with van der Waals surface area (Å²) >= 11 is 0. The van der Waals surface area contributed by atoms with Crippen molar-refractivity contribution in [2.24, 2.45) is 0 Å². The SMILES string of the molecule is COc1ccc(C(=O)Nc2onc3c2CCC3)cc1OC. The van der Waals surface area contributed by atoms with E-state index < -0.39 is 0 Å². The predicted molar refractivity (Wildman–Crippen MR) is 76.0 cm³/mol. The third-order valence-electron chi connectivity index (χ3n) is 3.58. The minimum Gasteiger partial charge on any atom is -0.493 e. The maximum absolute atomic E-state index is 12.3. The number of aryl methyl sites for hydroxylation is 1. The Morgan fingerprint density at radius 3 is 2.81 bits per heavy atom. The van der Waals surface area contributed by atoms with E-state index in [4.69, 9.17) is 14.0 Å². The summed E-state index contributed by atoms with van der Waals surface area (Å²) in [7, 11) is 3.08. The first-order valence-electron chi connectivity index (χ1n) is 6.73. The number of amides is 1. The van der Waals surface area contributed by atoms with E-state index in [9.17, 15) is 4.79 Å². The first kappa shape index (κ1) is 13.5. The van der Waals surface area contributed by atoms with Crippen LogP contribution < -0.4 is 14.8 Å². The Labute approximate surface area is 122 Å². The summed E-state index contributed by atoms with van der Waals surface area (Å²) in [6.45, 7) is 0. The lowest BCUT2D eigenvalue weighted by Crippen LogP contribution is -2.12. The molecule has 21 heavy (non-hydrogen) atoms. The number of methoxy groups -OCH3 is 2. The number of rotatable bonds is 4. The molecule has 1 aliphatic rings. The minimum atomic E-state index is -0.262. The van der Waals surface area contributed by atoms with Crippen LogP contribution in [0.3, 0.4) is 0 Å². The van der Waals surface area contributed by atoms with Crippen molar-refractivity contribution in [1.29, 1.82) is 0 Å². The van der Waals surface area contributed by atoms with Crippen molar-refractivity contribution >= 4 is 11.8 Å². The molecular formula is C15H16N2O4. The zero-order valence-electron chi connectivity index (χ0n) is 11.9. The minimum absolute atomic E-state index is 0.262. The Bertz CT molecular complexity index is 678. The lowest BCUT2D eigenvalue weighted by Gasteiger charge is -2.09. The molecule has 0 spiro atoms. The van der Waals surface area contributed by atoms with Crippen LogP contribution in [-0.2, 0) is 12.8 Å². The molecule has 110 valence electrons. The van der Waals surface area contributed by atoms with Crippen molar-refractivity contribution in [2.75, 3.05) is 19.5 Å². The van der Waals surface area contributed by atoms with Gasteiger partial charge in [-0.1, -0.05) is 5.16 Å². The van der Waals surface area contributed by atoms with Gasteiger partial charge in [-0.25, -0.2) is 0 Å². The van der Waals surface area contributed by atoms with Gasteiger partial charge < -0.3 is 14.0 Å². The van der Waals surface area contributed by atoms with Crippen molar-refractivity contribution in [2.45, 2.75) is 19.3 Å². The number of nitrogens with zero attached hydrogens (tertiary/aromatic N) is 1. The first-order chi connectivity index (χ1) is 10.2. The van der Waals surface area contributed by atoms with E-state index in [0.717, 1.165) is 30.5 Å². The van der Waals surface area contributed by atoms with Gasteiger partial charge in [0.25, 0.3) is 5.91 Å². The number of ether oxygens (including phenoxy) is 2. The van der Waals surface area contributed by atoms with E-state index in [1.807, 2.05) is 0 Å².